The van der Waals surface area contributed by atoms with Gasteiger partial charge in [0.05, 0.1) is 6.04 Å². The second-order valence-corrected chi connectivity index (χ2v) is 3.74. The summed E-state index contributed by atoms with van der Waals surface area (Å²) in [6.45, 7) is 3.93. The topological polar surface area (TPSA) is 64.6 Å². The van der Waals surface area contributed by atoms with Crippen LogP contribution in [-0.4, -0.2) is 36.1 Å². The van der Waals surface area contributed by atoms with Crippen LogP contribution in [0, 0.1) is 5.92 Å². The zero-order valence-electron chi connectivity index (χ0n) is 8.96. The van der Waals surface area contributed by atoms with Crippen molar-refractivity contribution in [1.29, 1.82) is 0 Å². The van der Waals surface area contributed by atoms with Gasteiger partial charge in [0.2, 0.25) is 0 Å². The molecule has 0 radical (unpaired) electrons. The molecule has 1 amide bonds. The van der Waals surface area contributed by atoms with Crippen LogP contribution >= 0.6 is 0 Å². The Hall–Kier alpha value is -1.23. The van der Waals surface area contributed by atoms with E-state index in [4.69, 9.17) is 0 Å². The minimum absolute atomic E-state index is 0.113. The second-order valence-electron chi connectivity index (χ2n) is 3.74. The standard InChI is InChI=1S/C9H17N3O2/c1-5(2)7-8(13)6(11-10-3)9(14)12(7)4/h5,7,10-11,13H,1-4H3. The van der Waals surface area contributed by atoms with E-state index in [1.54, 1.807) is 19.0 Å². The fourth-order valence-electron chi connectivity index (χ4n) is 1.75. The minimum Gasteiger partial charge on any atom is -0.508 e. The number of nitrogens with one attached hydrogen (secondary N) is 2. The molecule has 0 aromatic carbocycles. The number of likely N-dealkylation sites (N-methyl/N-ethyl adjacent to an activating group) is 1. The number of hydrazine groups is 1. The first-order valence-corrected chi connectivity index (χ1v) is 4.63. The number of aliphatic hydroxyl groups is 1. The van der Waals surface area contributed by atoms with E-state index >= 15 is 0 Å². The van der Waals surface area contributed by atoms with Crippen LogP contribution in [-0.2, 0) is 4.79 Å². The molecule has 3 N–H and O–H groups in total. The number of hydrogen-bond acceptors (Lipinski definition) is 4. The first-order valence-electron chi connectivity index (χ1n) is 4.63. The van der Waals surface area contributed by atoms with Gasteiger partial charge in [-0.15, -0.1) is 0 Å². The largest absolute Gasteiger partial charge is 0.508 e. The highest BCUT2D eigenvalue weighted by molar-refractivity contribution is 5.96. The lowest BCUT2D eigenvalue weighted by Crippen LogP contribution is -2.37. The number of nitrogens with zero attached hydrogens (tertiary/aromatic N) is 1. The molecule has 1 aliphatic heterocycles. The maximum absolute atomic E-state index is 11.6. The Bertz CT molecular complexity index is 273. The van der Waals surface area contributed by atoms with Crippen LogP contribution in [0.25, 0.3) is 0 Å². The Labute approximate surface area is 83.7 Å². The molecule has 0 bridgehead atoms. The summed E-state index contributed by atoms with van der Waals surface area (Å²) < 4.78 is 0. The van der Waals surface area contributed by atoms with Crippen molar-refractivity contribution in [3.63, 3.8) is 0 Å². The van der Waals surface area contributed by atoms with Gasteiger partial charge in [0, 0.05) is 14.1 Å². The maximum Gasteiger partial charge on any atom is 0.275 e. The van der Waals surface area contributed by atoms with Gasteiger partial charge in [-0.3, -0.25) is 4.79 Å². The zero-order valence-corrected chi connectivity index (χ0v) is 8.96. The summed E-state index contributed by atoms with van der Waals surface area (Å²) in [6.07, 6.45) is 0. The first kappa shape index (κ1) is 10.8. The molecule has 0 saturated heterocycles. The fraction of sp³-hybridized carbons (Fsp3) is 0.667. The van der Waals surface area contributed by atoms with Crippen LogP contribution in [0.1, 0.15) is 13.8 Å². The molecular weight excluding hydrogens is 182 g/mol. The summed E-state index contributed by atoms with van der Waals surface area (Å²) in [5, 5.41) is 9.81. The lowest BCUT2D eigenvalue weighted by Gasteiger charge is -2.23. The Kier molecular flexibility index (Phi) is 3.00. The first-order chi connectivity index (χ1) is 6.50. The SMILES string of the molecule is CNNC1=C(O)C(C(C)C)N(C)C1=O. The highest BCUT2D eigenvalue weighted by atomic mass is 16.3. The monoisotopic (exact) mass is 199 g/mol. The molecule has 0 spiro atoms. The smallest absolute Gasteiger partial charge is 0.275 e. The Morgan fingerprint density at radius 2 is 2.07 bits per heavy atom. The third-order valence-corrected chi connectivity index (χ3v) is 2.37. The van der Waals surface area contributed by atoms with Crippen molar-refractivity contribution in [3.8, 4) is 0 Å². The van der Waals surface area contributed by atoms with Gasteiger partial charge >= 0.3 is 0 Å². The average Bonchev–Trinajstić information content (AvgIpc) is 2.30. The molecular formula is C9H17N3O2. The molecule has 0 aromatic rings. The molecule has 1 atom stereocenters. The van der Waals surface area contributed by atoms with Crippen molar-refractivity contribution in [1.82, 2.24) is 15.8 Å². The van der Waals surface area contributed by atoms with Crippen molar-refractivity contribution in [2.75, 3.05) is 14.1 Å². The second kappa shape index (κ2) is 3.88. The lowest BCUT2D eigenvalue weighted by atomic mass is 10.0. The number of rotatable bonds is 3. The Balaban J connectivity index is 2.97. The van der Waals surface area contributed by atoms with Crippen LogP contribution in [0.3, 0.4) is 0 Å². The van der Waals surface area contributed by atoms with E-state index in [0.29, 0.717) is 0 Å². The summed E-state index contributed by atoms with van der Waals surface area (Å²) in [6, 6.07) is -0.224. The molecule has 0 fully saturated rings. The van der Waals surface area contributed by atoms with Gasteiger partial charge in [0.15, 0.2) is 5.70 Å². The van der Waals surface area contributed by atoms with Crippen LogP contribution in [0.5, 0.6) is 0 Å². The molecule has 0 saturated carbocycles. The van der Waals surface area contributed by atoms with Crippen molar-refractivity contribution < 1.29 is 9.90 Å². The number of hydrogen-bond donors (Lipinski definition) is 3. The van der Waals surface area contributed by atoms with Crippen molar-refractivity contribution >= 4 is 5.91 Å². The molecule has 1 heterocycles. The minimum atomic E-state index is -0.224. The summed E-state index contributed by atoms with van der Waals surface area (Å²) in [4.78, 5) is 13.2. The van der Waals surface area contributed by atoms with E-state index in [0.717, 1.165) is 0 Å². The van der Waals surface area contributed by atoms with E-state index in [1.807, 2.05) is 13.8 Å². The van der Waals surface area contributed by atoms with Gasteiger partial charge in [-0.25, -0.2) is 5.43 Å². The van der Waals surface area contributed by atoms with E-state index in [1.165, 1.54) is 0 Å². The van der Waals surface area contributed by atoms with Crippen molar-refractivity contribution in [3.05, 3.63) is 11.5 Å². The molecule has 14 heavy (non-hydrogen) atoms. The van der Waals surface area contributed by atoms with Crippen molar-refractivity contribution in [2.24, 2.45) is 5.92 Å². The molecule has 1 aliphatic rings. The van der Waals surface area contributed by atoms with Crippen LogP contribution in [0.4, 0.5) is 0 Å². The van der Waals surface area contributed by atoms with Gasteiger partial charge in [-0.05, 0) is 5.92 Å². The predicted molar refractivity (Wildman–Crippen MR) is 53.2 cm³/mol. The normalized spacial score (nSPS) is 22.5. The number of carbonyl (C=O) groups is 1. The van der Waals surface area contributed by atoms with Gasteiger partial charge in [-0.2, -0.15) is 0 Å². The van der Waals surface area contributed by atoms with Crippen LogP contribution < -0.4 is 10.9 Å². The average molecular weight is 199 g/mol. The van der Waals surface area contributed by atoms with E-state index in [2.05, 4.69) is 10.9 Å². The third kappa shape index (κ3) is 1.55. The predicted octanol–water partition coefficient (Wildman–Crippen LogP) is -0.0234. The number of amides is 1. The van der Waals surface area contributed by atoms with E-state index in [-0.39, 0.29) is 29.3 Å². The quantitative estimate of drug-likeness (QED) is 0.559. The highest BCUT2D eigenvalue weighted by Crippen LogP contribution is 2.25. The van der Waals surface area contributed by atoms with Gasteiger partial charge in [-0.1, -0.05) is 13.8 Å². The summed E-state index contributed by atoms with van der Waals surface area (Å²) >= 11 is 0. The van der Waals surface area contributed by atoms with Crippen molar-refractivity contribution in [2.45, 2.75) is 19.9 Å². The van der Waals surface area contributed by atoms with Gasteiger partial charge in [0.25, 0.3) is 5.91 Å². The molecule has 5 heteroatoms. The number of carbonyl (C=O) groups excluding carboxylic acids is 1. The van der Waals surface area contributed by atoms with E-state index in [9.17, 15) is 9.90 Å². The molecule has 1 unspecified atom stereocenters. The molecule has 80 valence electrons. The van der Waals surface area contributed by atoms with Crippen LogP contribution in [0.2, 0.25) is 0 Å². The third-order valence-electron chi connectivity index (χ3n) is 2.37. The van der Waals surface area contributed by atoms with E-state index < -0.39 is 0 Å². The molecule has 0 aromatic heterocycles. The molecule has 1 rings (SSSR count). The maximum atomic E-state index is 11.6. The van der Waals surface area contributed by atoms with Gasteiger partial charge < -0.3 is 15.4 Å². The Morgan fingerprint density at radius 1 is 1.50 bits per heavy atom. The Morgan fingerprint density at radius 3 is 2.43 bits per heavy atom. The zero-order chi connectivity index (χ0) is 10.9. The summed E-state index contributed by atoms with van der Waals surface area (Å²) in [5.41, 5.74) is 5.53. The molecule has 0 aliphatic carbocycles. The summed E-state index contributed by atoms with van der Waals surface area (Å²) in [7, 11) is 3.34. The number of aliphatic hydroxyl groups excluding tert-OH is 1. The highest BCUT2D eigenvalue weighted by Gasteiger charge is 2.38. The van der Waals surface area contributed by atoms with Crippen LogP contribution in [0.15, 0.2) is 11.5 Å². The summed E-state index contributed by atoms with van der Waals surface area (Å²) in [5.74, 6) is 0.123. The molecule has 5 nitrogen and oxygen atoms in total. The fourth-order valence-corrected chi connectivity index (χ4v) is 1.75. The lowest BCUT2D eigenvalue weighted by molar-refractivity contribution is -0.126. The van der Waals surface area contributed by atoms with Gasteiger partial charge in [0.1, 0.15) is 5.76 Å².